The molecule has 7 heteroatoms. The molecule has 0 aliphatic rings. The van der Waals surface area contributed by atoms with Crippen molar-refractivity contribution in [2.45, 2.75) is 32.2 Å². The van der Waals surface area contributed by atoms with Crippen LogP contribution in [0.25, 0.3) is 0 Å². The summed E-state index contributed by atoms with van der Waals surface area (Å²) in [5, 5.41) is 14.2. The number of amides is 2. The number of urea groups is 1. The number of rotatable bonds is 7. The van der Waals surface area contributed by atoms with Crippen molar-refractivity contribution in [3.05, 3.63) is 16.6 Å². The Hall–Kier alpha value is -1.63. The van der Waals surface area contributed by atoms with E-state index in [2.05, 4.69) is 10.3 Å². The van der Waals surface area contributed by atoms with E-state index in [1.165, 1.54) is 16.2 Å². The zero-order valence-electron chi connectivity index (χ0n) is 11.1. The summed E-state index contributed by atoms with van der Waals surface area (Å²) < 4.78 is 0. The smallest absolute Gasteiger partial charge is 0.317 e. The Morgan fingerprint density at radius 1 is 1.58 bits per heavy atom. The standard InChI is InChI=1S/C12H19N3O3S/c1-3-9(11-13-6-8-19-11)14-12(18)15(2)7-4-5-10(16)17/h6,8-9H,3-5,7H2,1-2H3,(H,14,18)(H,16,17). The lowest BCUT2D eigenvalue weighted by Crippen LogP contribution is -2.39. The predicted molar refractivity (Wildman–Crippen MR) is 73.2 cm³/mol. The molecule has 1 atom stereocenters. The van der Waals surface area contributed by atoms with Crippen LogP contribution in [0.15, 0.2) is 11.6 Å². The number of hydrogen-bond donors (Lipinski definition) is 2. The highest BCUT2D eigenvalue weighted by molar-refractivity contribution is 7.09. The van der Waals surface area contributed by atoms with Crippen molar-refractivity contribution in [1.29, 1.82) is 0 Å². The summed E-state index contributed by atoms with van der Waals surface area (Å²) in [7, 11) is 1.66. The van der Waals surface area contributed by atoms with E-state index in [9.17, 15) is 9.59 Å². The lowest BCUT2D eigenvalue weighted by Gasteiger charge is -2.21. The van der Waals surface area contributed by atoms with Gasteiger partial charge >= 0.3 is 12.0 Å². The van der Waals surface area contributed by atoms with E-state index in [-0.39, 0.29) is 18.5 Å². The molecule has 0 saturated carbocycles. The molecule has 0 radical (unpaired) electrons. The van der Waals surface area contributed by atoms with Crippen LogP contribution in [0.3, 0.4) is 0 Å². The highest BCUT2D eigenvalue weighted by Gasteiger charge is 2.17. The summed E-state index contributed by atoms with van der Waals surface area (Å²) in [6.45, 7) is 2.41. The number of aliphatic carboxylic acids is 1. The fourth-order valence-corrected chi connectivity index (χ4v) is 2.35. The zero-order chi connectivity index (χ0) is 14.3. The first kappa shape index (κ1) is 15.4. The van der Waals surface area contributed by atoms with Crippen LogP contribution in [-0.4, -0.2) is 40.6 Å². The van der Waals surface area contributed by atoms with Gasteiger partial charge in [0.15, 0.2) is 0 Å². The maximum Gasteiger partial charge on any atom is 0.317 e. The van der Waals surface area contributed by atoms with Crippen LogP contribution in [0, 0.1) is 0 Å². The number of thiazole rings is 1. The molecule has 2 N–H and O–H groups in total. The molecule has 0 fully saturated rings. The quantitative estimate of drug-likeness (QED) is 0.803. The van der Waals surface area contributed by atoms with Crippen molar-refractivity contribution < 1.29 is 14.7 Å². The van der Waals surface area contributed by atoms with Crippen LogP contribution in [0.1, 0.15) is 37.2 Å². The van der Waals surface area contributed by atoms with Crippen LogP contribution in [0.4, 0.5) is 4.79 Å². The minimum Gasteiger partial charge on any atom is -0.481 e. The van der Waals surface area contributed by atoms with Crippen LogP contribution >= 0.6 is 11.3 Å². The topological polar surface area (TPSA) is 82.5 Å². The minimum absolute atomic E-state index is 0.0707. The van der Waals surface area contributed by atoms with Crippen molar-refractivity contribution in [1.82, 2.24) is 15.2 Å². The van der Waals surface area contributed by atoms with Crippen LogP contribution in [-0.2, 0) is 4.79 Å². The first-order valence-corrected chi connectivity index (χ1v) is 7.05. The fraction of sp³-hybridized carbons (Fsp3) is 0.583. The summed E-state index contributed by atoms with van der Waals surface area (Å²) >= 11 is 1.51. The predicted octanol–water partition coefficient (Wildman–Crippen LogP) is 2.10. The highest BCUT2D eigenvalue weighted by atomic mass is 32.1. The van der Waals surface area contributed by atoms with Gasteiger partial charge in [0.1, 0.15) is 5.01 Å². The normalized spacial score (nSPS) is 11.9. The van der Waals surface area contributed by atoms with Gasteiger partial charge in [-0.1, -0.05) is 6.92 Å². The second-order valence-electron chi connectivity index (χ2n) is 4.20. The molecule has 0 aromatic carbocycles. The van der Waals surface area contributed by atoms with Gasteiger partial charge in [-0.2, -0.15) is 0 Å². The minimum atomic E-state index is -0.844. The van der Waals surface area contributed by atoms with E-state index in [4.69, 9.17) is 5.11 Å². The summed E-state index contributed by atoms with van der Waals surface area (Å²) in [5.74, 6) is -0.844. The highest BCUT2D eigenvalue weighted by Crippen LogP contribution is 2.18. The van der Waals surface area contributed by atoms with Crippen molar-refractivity contribution >= 4 is 23.3 Å². The molecule has 1 aromatic heterocycles. The van der Waals surface area contributed by atoms with Crippen molar-refractivity contribution in [2.75, 3.05) is 13.6 Å². The molecule has 1 aromatic rings. The Kier molecular flexibility index (Phi) is 6.27. The molecule has 1 rings (SSSR count). The van der Waals surface area contributed by atoms with Crippen LogP contribution in [0.2, 0.25) is 0 Å². The molecule has 0 spiro atoms. The lowest BCUT2D eigenvalue weighted by atomic mass is 10.2. The second-order valence-corrected chi connectivity index (χ2v) is 5.13. The summed E-state index contributed by atoms with van der Waals surface area (Å²) in [5.41, 5.74) is 0. The molecule has 0 aliphatic heterocycles. The Morgan fingerprint density at radius 3 is 2.84 bits per heavy atom. The van der Waals surface area contributed by atoms with Gasteiger partial charge in [-0.05, 0) is 12.8 Å². The number of hydrogen-bond acceptors (Lipinski definition) is 4. The third kappa shape index (κ3) is 5.25. The van der Waals surface area contributed by atoms with E-state index in [0.717, 1.165) is 11.4 Å². The number of carboxylic acids is 1. The first-order chi connectivity index (χ1) is 9.04. The SMILES string of the molecule is CCC(NC(=O)N(C)CCCC(=O)O)c1nccs1. The number of carbonyl (C=O) groups is 2. The molecule has 106 valence electrons. The molecular formula is C12H19N3O3S. The summed E-state index contributed by atoms with van der Waals surface area (Å²) in [6.07, 6.45) is 3.00. The second kappa shape index (κ2) is 7.73. The van der Waals surface area contributed by atoms with Gasteiger partial charge in [-0.3, -0.25) is 4.79 Å². The summed E-state index contributed by atoms with van der Waals surface area (Å²) in [6, 6.07) is -0.290. The lowest BCUT2D eigenvalue weighted by molar-refractivity contribution is -0.137. The Labute approximate surface area is 116 Å². The molecule has 2 amide bonds. The summed E-state index contributed by atoms with van der Waals surface area (Å²) in [4.78, 5) is 28.0. The van der Waals surface area contributed by atoms with Gasteiger partial charge in [-0.15, -0.1) is 11.3 Å². The van der Waals surface area contributed by atoms with Gasteiger partial charge in [0.2, 0.25) is 0 Å². The average Bonchev–Trinajstić information content (AvgIpc) is 2.88. The van der Waals surface area contributed by atoms with Gasteiger partial charge in [0.05, 0.1) is 6.04 Å². The van der Waals surface area contributed by atoms with E-state index < -0.39 is 5.97 Å². The molecule has 0 saturated heterocycles. The average molecular weight is 285 g/mol. The molecule has 19 heavy (non-hydrogen) atoms. The van der Waals surface area contributed by atoms with Gasteiger partial charge in [0, 0.05) is 31.6 Å². The maximum absolute atomic E-state index is 11.9. The van der Waals surface area contributed by atoms with Gasteiger partial charge in [-0.25, -0.2) is 9.78 Å². The third-order valence-electron chi connectivity index (χ3n) is 2.69. The molecule has 0 bridgehead atoms. The largest absolute Gasteiger partial charge is 0.481 e. The Bertz CT molecular complexity index is 408. The number of carbonyl (C=O) groups excluding carboxylic acids is 1. The van der Waals surface area contributed by atoms with Crippen LogP contribution < -0.4 is 5.32 Å². The fourth-order valence-electron chi connectivity index (χ4n) is 1.57. The van der Waals surface area contributed by atoms with E-state index in [0.29, 0.717) is 13.0 Å². The van der Waals surface area contributed by atoms with Gasteiger partial charge < -0.3 is 15.3 Å². The number of nitrogens with one attached hydrogen (secondary N) is 1. The zero-order valence-corrected chi connectivity index (χ0v) is 11.9. The Balaban J connectivity index is 2.42. The van der Waals surface area contributed by atoms with Crippen molar-refractivity contribution in [2.24, 2.45) is 0 Å². The molecule has 1 heterocycles. The number of nitrogens with zero attached hydrogens (tertiary/aromatic N) is 2. The van der Waals surface area contributed by atoms with Crippen LogP contribution in [0.5, 0.6) is 0 Å². The molecule has 6 nitrogen and oxygen atoms in total. The van der Waals surface area contributed by atoms with Crippen molar-refractivity contribution in [3.63, 3.8) is 0 Å². The molecular weight excluding hydrogens is 266 g/mol. The van der Waals surface area contributed by atoms with E-state index >= 15 is 0 Å². The van der Waals surface area contributed by atoms with E-state index in [1.54, 1.807) is 13.2 Å². The number of aromatic nitrogens is 1. The monoisotopic (exact) mass is 285 g/mol. The molecule has 0 aliphatic carbocycles. The first-order valence-electron chi connectivity index (χ1n) is 6.17. The van der Waals surface area contributed by atoms with Crippen molar-refractivity contribution in [3.8, 4) is 0 Å². The van der Waals surface area contributed by atoms with Gasteiger partial charge in [0.25, 0.3) is 0 Å². The van der Waals surface area contributed by atoms with E-state index in [1.807, 2.05) is 12.3 Å². The maximum atomic E-state index is 11.9. The molecule has 1 unspecified atom stereocenters. The third-order valence-corrected chi connectivity index (χ3v) is 3.58. The Morgan fingerprint density at radius 2 is 2.32 bits per heavy atom. The number of carboxylic acid groups (broad SMARTS) is 1.